The molecule has 1 atom stereocenters. The zero-order chi connectivity index (χ0) is 19.3. The predicted octanol–water partition coefficient (Wildman–Crippen LogP) is 2.89. The first-order valence-electron chi connectivity index (χ1n) is 9.02. The van der Waals surface area contributed by atoms with Crippen LogP contribution in [-0.4, -0.2) is 34.8 Å². The summed E-state index contributed by atoms with van der Waals surface area (Å²) in [6, 6.07) is 4.92. The Hall–Kier alpha value is -2.44. The summed E-state index contributed by atoms with van der Waals surface area (Å²) in [4.78, 5) is 38.3. The molecule has 1 aromatic rings. The Morgan fingerprint density at radius 1 is 1.19 bits per heavy atom. The van der Waals surface area contributed by atoms with E-state index < -0.39 is 17.5 Å². The maximum Gasteiger partial charge on any atom is 0.325 e. The number of hydrogen-bond acceptors (Lipinski definition) is 3. The van der Waals surface area contributed by atoms with E-state index in [1.165, 1.54) is 12.1 Å². The van der Waals surface area contributed by atoms with E-state index in [0.29, 0.717) is 12.8 Å². The molecule has 2 N–H and O–H groups in total. The third-order valence-electron chi connectivity index (χ3n) is 4.65. The Morgan fingerprint density at radius 3 is 2.31 bits per heavy atom. The van der Waals surface area contributed by atoms with Gasteiger partial charge in [-0.3, -0.25) is 14.5 Å². The lowest BCUT2D eigenvalue weighted by Gasteiger charge is -2.25. The van der Waals surface area contributed by atoms with Crippen LogP contribution in [0.25, 0.3) is 0 Å². The molecule has 1 aliphatic heterocycles. The Bertz CT molecular complexity index is 669. The van der Waals surface area contributed by atoms with Gasteiger partial charge in [-0.25, -0.2) is 9.18 Å². The summed E-state index contributed by atoms with van der Waals surface area (Å²) >= 11 is 0. The monoisotopic (exact) mass is 363 g/mol. The molecule has 142 valence electrons. The number of amides is 4. The summed E-state index contributed by atoms with van der Waals surface area (Å²) in [5, 5.41) is 5.52. The number of carbonyl (C=O) groups is 3. The fourth-order valence-corrected chi connectivity index (χ4v) is 3.40. The van der Waals surface area contributed by atoms with Gasteiger partial charge in [-0.2, -0.15) is 0 Å². The minimum absolute atomic E-state index is 0.328. The van der Waals surface area contributed by atoms with E-state index in [4.69, 9.17) is 0 Å². The second-order valence-corrected chi connectivity index (χ2v) is 6.74. The maximum atomic E-state index is 13.0. The lowest BCUT2D eigenvalue weighted by atomic mass is 9.88. The molecular formula is C19H26FN3O3. The van der Waals surface area contributed by atoms with E-state index in [9.17, 15) is 18.8 Å². The van der Waals surface area contributed by atoms with Gasteiger partial charge in [0.25, 0.3) is 5.91 Å². The van der Waals surface area contributed by atoms with Crippen LogP contribution in [0.15, 0.2) is 24.3 Å². The van der Waals surface area contributed by atoms with Gasteiger partial charge in [-0.1, -0.05) is 38.8 Å². The van der Waals surface area contributed by atoms with Crippen LogP contribution in [0.4, 0.5) is 9.18 Å². The standard InChI is InChI=1S/C19H26FN3O3/c1-4-10-19(11-5-2)17(25)23(18(26)22-19)12-16(24)21-13(3)14-6-8-15(20)9-7-14/h6-9,13H,4-5,10-12H2,1-3H3,(H,21,24)(H,22,26). The van der Waals surface area contributed by atoms with Gasteiger partial charge >= 0.3 is 6.03 Å². The van der Waals surface area contributed by atoms with E-state index >= 15 is 0 Å². The van der Waals surface area contributed by atoms with Gasteiger partial charge in [-0.15, -0.1) is 0 Å². The van der Waals surface area contributed by atoms with Gasteiger partial charge in [0.05, 0.1) is 6.04 Å². The zero-order valence-corrected chi connectivity index (χ0v) is 15.5. The summed E-state index contributed by atoms with van der Waals surface area (Å²) < 4.78 is 13.0. The summed E-state index contributed by atoms with van der Waals surface area (Å²) in [7, 11) is 0. The SMILES string of the molecule is CCCC1(CCC)NC(=O)N(CC(=O)NC(C)c2ccc(F)cc2)C1=O. The van der Waals surface area contributed by atoms with Crippen molar-refractivity contribution < 1.29 is 18.8 Å². The number of rotatable bonds is 8. The molecule has 2 rings (SSSR count). The lowest BCUT2D eigenvalue weighted by molar-refractivity contribution is -0.135. The molecule has 1 aliphatic rings. The molecule has 1 heterocycles. The van der Waals surface area contributed by atoms with Crippen molar-refractivity contribution in [3.63, 3.8) is 0 Å². The van der Waals surface area contributed by atoms with Gasteiger partial charge in [0.15, 0.2) is 0 Å². The predicted molar refractivity (Wildman–Crippen MR) is 95.7 cm³/mol. The second kappa shape index (κ2) is 8.29. The summed E-state index contributed by atoms with van der Waals surface area (Å²) in [5.74, 6) is -1.13. The van der Waals surface area contributed by atoms with E-state index in [1.807, 2.05) is 13.8 Å². The molecule has 26 heavy (non-hydrogen) atoms. The molecule has 1 aromatic carbocycles. The zero-order valence-electron chi connectivity index (χ0n) is 15.5. The molecule has 7 heteroatoms. The summed E-state index contributed by atoms with van der Waals surface area (Å²) in [5.41, 5.74) is -0.160. The van der Waals surface area contributed by atoms with Crippen LogP contribution in [-0.2, 0) is 9.59 Å². The summed E-state index contributed by atoms with van der Waals surface area (Å²) in [6.07, 6.45) is 2.62. The number of urea groups is 1. The van der Waals surface area contributed by atoms with Gasteiger partial charge in [-0.05, 0) is 37.5 Å². The van der Waals surface area contributed by atoms with Gasteiger partial charge < -0.3 is 10.6 Å². The van der Waals surface area contributed by atoms with E-state index in [0.717, 1.165) is 23.3 Å². The number of hydrogen-bond donors (Lipinski definition) is 2. The highest BCUT2D eigenvalue weighted by Gasteiger charge is 2.50. The fraction of sp³-hybridized carbons (Fsp3) is 0.526. The molecule has 0 spiro atoms. The molecule has 0 radical (unpaired) electrons. The second-order valence-electron chi connectivity index (χ2n) is 6.74. The fourth-order valence-electron chi connectivity index (χ4n) is 3.40. The van der Waals surface area contributed by atoms with Gasteiger partial charge in [0, 0.05) is 0 Å². The van der Waals surface area contributed by atoms with Crippen LogP contribution in [0.2, 0.25) is 0 Å². The molecule has 1 fully saturated rings. The van der Waals surface area contributed by atoms with Crippen molar-refractivity contribution in [2.75, 3.05) is 6.54 Å². The summed E-state index contributed by atoms with van der Waals surface area (Å²) in [6.45, 7) is 5.34. The Balaban J connectivity index is 2.02. The van der Waals surface area contributed by atoms with Crippen molar-refractivity contribution in [2.24, 2.45) is 0 Å². The number of halogens is 1. The van der Waals surface area contributed by atoms with Crippen LogP contribution in [0.5, 0.6) is 0 Å². The number of nitrogens with zero attached hydrogens (tertiary/aromatic N) is 1. The molecule has 1 saturated heterocycles. The molecular weight excluding hydrogens is 337 g/mol. The highest BCUT2D eigenvalue weighted by molar-refractivity contribution is 6.09. The van der Waals surface area contributed by atoms with Crippen LogP contribution >= 0.6 is 0 Å². The molecule has 1 unspecified atom stereocenters. The molecule has 4 amide bonds. The largest absolute Gasteiger partial charge is 0.348 e. The minimum atomic E-state index is -0.899. The van der Waals surface area contributed by atoms with Crippen molar-refractivity contribution in [3.05, 3.63) is 35.6 Å². The van der Waals surface area contributed by atoms with Crippen molar-refractivity contribution in [1.29, 1.82) is 0 Å². The maximum absolute atomic E-state index is 13.0. The molecule has 6 nitrogen and oxygen atoms in total. The van der Waals surface area contributed by atoms with Crippen LogP contribution in [0.1, 0.15) is 58.1 Å². The highest BCUT2D eigenvalue weighted by Crippen LogP contribution is 2.28. The van der Waals surface area contributed by atoms with Crippen molar-refractivity contribution in [3.8, 4) is 0 Å². The lowest BCUT2D eigenvalue weighted by Crippen LogP contribution is -2.47. The molecule has 0 bridgehead atoms. The average molecular weight is 363 g/mol. The third-order valence-corrected chi connectivity index (χ3v) is 4.65. The first-order chi connectivity index (χ1) is 12.3. The highest BCUT2D eigenvalue weighted by atomic mass is 19.1. The number of nitrogens with one attached hydrogen (secondary N) is 2. The van der Waals surface area contributed by atoms with Crippen LogP contribution < -0.4 is 10.6 Å². The first kappa shape index (κ1) is 19.9. The van der Waals surface area contributed by atoms with Gasteiger partial charge in [0.2, 0.25) is 5.91 Å². The number of carbonyl (C=O) groups excluding carboxylic acids is 3. The quantitative estimate of drug-likeness (QED) is 0.697. The normalized spacial score (nSPS) is 17.2. The number of imide groups is 1. The van der Waals surface area contributed by atoms with Crippen molar-refractivity contribution in [2.45, 2.75) is 58.0 Å². The number of benzene rings is 1. The topological polar surface area (TPSA) is 78.5 Å². The Labute approximate surface area is 153 Å². The molecule has 0 aromatic heterocycles. The molecule has 0 saturated carbocycles. The smallest absolute Gasteiger partial charge is 0.325 e. The Kier molecular flexibility index (Phi) is 6.34. The van der Waals surface area contributed by atoms with Crippen molar-refractivity contribution >= 4 is 17.8 Å². The van der Waals surface area contributed by atoms with E-state index in [2.05, 4.69) is 10.6 Å². The molecule has 0 aliphatic carbocycles. The minimum Gasteiger partial charge on any atom is -0.348 e. The van der Waals surface area contributed by atoms with E-state index in [-0.39, 0.29) is 24.3 Å². The average Bonchev–Trinajstić information content (AvgIpc) is 2.80. The van der Waals surface area contributed by atoms with Gasteiger partial charge in [0.1, 0.15) is 17.9 Å². The van der Waals surface area contributed by atoms with E-state index in [1.54, 1.807) is 19.1 Å². The van der Waals surface area contributed by atoms with Crippen LogP contribution in [0.3, 0.4) is 0 Å². The van der Waals surface area contributed by atoms with Crippen LogP contribution in [0, 0.1) is 5.82 Å². The first-order valence-corrected chi connectivity index (χ1v) is 9.02. The Morgan fingerprint density at radius 2 is 1.77 bits per heavy atom. The third kappa shape index (κ3) is 4.20. The van der Waals surface area contributed by atoms with Crippen molar-refractivity contribution in [1.82, 2.24) is 15.5 Å².